The maximum absolute atomic E-state index is 14.2. The smallest absolute Gasteiger partial charge is 0.423 e. The molecule has 0 aliphatic carbocycles. The molecule has 2 aromatic heterocycles. The molecule has 1 aliphatic rings. The molecule has 0 saturated heterocycles. The zero-order chi connectivity index (χ0) is 18.5. The van der Waals surface area contributed by atoms with Crippen molar-refractivity contribution in [2.75, 3.05) is 4.90 Å². The molecule has 1 unspecified atom stereocenters. The summed E-state index contributed by atoms with van der Waals surface area (Å²) in [6, 6.07) is 9.97. The molecule has 1 N–H and O–H groups in total. The minimum atomic E-state index is -4.02. The third-order valence-corrected chi connectivity index (χ3v) is 4.22. The second-order valence-corrected chi connectivity index (χ2v) is 6.08. The first kappa shape index (κ1) is 16.5. The molecule has 6 nitrogen and oxygen atoms in total. The number of aliphatic hydroxyl groups excluding tert-OH is 1. The minimum absolute atomic E-state index is 0.143. The molecule has 0 fully saturated rings. The van der Waals surface area contributed by atoms with Crippen LogP contribution in [0.15, 0.2) is 48.8 Å². The summed E-state index contributed by atoms with van der Waals surface area (Å²) in [6.45, 7) is 1.30. The monoisotopic (exact) mass is 359 g/mol. The fourth-order valence-corrected chi connectivity index (χ4v) is 3.02. The number of para-hydroxylation sites is 1. The average Bonchev–Trinajstić information content (AvgIpc) is 3.00. The lowest BCUT2D eigenvalue weighted by Crippen LogP contribution is -2.50. The number of hydrogen-bond acceptors (Lipinski definition) is 4. The van der Waals surface area contributed by atoms with Crippen molar-refractivity contribution < 1.29 is 23.4 Å². The molecular weight excluding hydrogens is 344 g/mol. The molecule has 4 rings (SSSR count). The third kappa shape index (κ3) is 2.59. The number of imidazole rings is 1. The highest BCUT2D eigenvalue weighted by Gasteiger charge is 2.51. The number of hydrogen-bond donors (Lipinski definition) is 1. The Morgan fingerprint density at radius 2 is 2.08 bits per heavy atom. The van der Waals surface area contributed by atoms with Crippen LogP contribution >= 0.6 is 0 Å². The van der Waals surface area contributed by atoms with E-state index in [1.165, 1.54) is 19.1 Å². The third-order valence-electron chi connectivity index (χ3n) is 4.22. The maximum atomic E-state index is 14.2. The number of anilines is 1. The number of carbonyl (C=O) groups is 1. The highest BCUT2D eigenvalue weighted by atomic mass is 19.3. The first-order chi connectivity index (χ1) is 12.4. The molecule has 0 saturated carbocycles. The number of aliphatic hydroxyl groups is 1. The highest BCUT2D eigenvalue weighted by Crippen LogP contribution is 2.44. The van der Waals surface area contributed by atoms with E-state index < -0.39 is 18.1 Å². The van der Waals surface area contributed by atoms with Crippen LogP contribution in [-0.2, 0) is 11.3 Å². The number of amides is 1. The molecule has 1 aromatic carbocycles. The van der Waals surface area contributed by atoms with Crippen LogP contribution in [0.1, 0.15) is 24.3 Å². The van der Waals surface area contributed by atoms with Gasteiger partial charge in [0.05, 0.1) is 24.0 Å². The number of pyridine rings is 1. The van der Waals surface area contributed by atoms with E-state index in [1.54, 1.807) is 28.9 Å². The summed E-state index contributed by atoms with van der Waals surface area (Å²) in [5.74, 6) is -1.67. The molecule has 3 aromatic rings. The molecule has 3 heterocycles. The zero-order valence-electron chi connectivity index (χ0n) is 13.8. The van der Waals surface area contributed by atoms with E-state index in [0.717, 1.165) is 4.90 Å². The summed E-state index contributed by atoms with van der Waals surface area (Å²) in [5, 5.41) is 9.84. The predicted octanol–water partition coefficient (Wildman–Crippen LogP) is 2.91. The second-order valence-electron chi connectivity index (χ2n) is 6.08. The number of rotatable bonds is 3. The SMILES string of the molecule is CC(O)c1cccc2c1OC(F)(F)C(=O)N2Cc1cn2ccccc2n1. The fourth-order valence-electron chi connectivity index (χ4n) is 3.02. The van der Waals surface area contributed by atoms with E-state index in [1.807, 2.05) is 12.1 Å². The molecular formula is C18H15F2N3O3. The largest absolute Gasteiger partial charge is 0.483 e. The molecule has 0 spiro atoms. The van der Waals surface area contributed by atoms with Crippen molar-refractivity contribution in [3.05, 3.63) is 60.0 Å². The van der Waals surface area contributed by atoms with Crippen LogP contribution in [0, 0.1) is 0 Å². The van der Waals surface area contributed by atoms with Crippen LogP contribution in [-0.4, -0.2) is 26.5 Å². The first-order valence-corrected chi connectivity index (χ1v) is 7.99. The van der Waals surface area contributed by atoms with Gasteiger partial charge in [-0.05, 0) is 25.1 Å². The molecule has 8 heteroatoms. The minimum Gasteiger partial charge on any atom is -0.423 e. The number of halogens is 2. The Morgan fingerprint density at radius 1 is 1.27 bits per heavy atom. The van der Waals surface area contributed by atoms with E-state index in [4.69, 9.17) is 0 Å². The molecule has 0 radical (unpaired) electrons. The molecule has 1 aliphatic heterocycles. The van der Waals surface area contributed by atoms with Crippen molar-refractivity contribution in [3.63, 3.8) is 0 Å². The van der Waals surface area contributed by atoms with Gasteiger partial charge < -0.3 is 14.2 Å². The van der Waals surface area contributed by atoms with Crippen LogP contribution in [0.5, 0.6) is 5.75 Å². The number of alkyl halides is 2. The number of fused-ring (bicyclic) bond motifs is 2. The summed E-state index contributed by atoms with van der Waals surface area (Å²) in [6.07, 6.45) is -1.59. The van der Waals surface area contributed by atoms with E-state index >= 15 is 0 Å². The van der Waals surface area contributed by atoms with Crippen molar-refractivity contribution in [1.82, 2.24) is 9.38 Å². The van der Waals surface area contributed by atoms with Crippen molar-refractivity contribution in [1.29, 1.82) is 0 Å². The first-order valence-electron chi connectivity index (χ1n) is 7.99. The van der Waals surface area contributed by atoms with Crippen LogP contribution < -0.4 is 9.64 Å². The second kappa shape index (κ2) is 5.77. The fraction of sp³-hybridized carbons (Fsp3) is 0.222. The van der Waals surface area contributed by atoms with Gasteiger partial charge in [-0.25, -0.2) is 4.98 Å². The number of ether oxygens (including phenoxy) is 1. The van der Waals surface area contributed by atoms with Crippen molar-refractivity contribution in [2.24, 2.45) is 0 Å². The van der Waals surface area contributed by atoms with E-state index in [9.17, 15) is 18.7 Å². The van der Waals surface area contributed by atoms with E-state index in [-0.39, 0.29) is 23.5 Å². The Bertz CT molecular complexity index is 967. The van der Waals surface area contributed by atoms with Crippen LogP contribution in [0.4, 0.5) is 14.5 Å². The molecule has 1 amide bonds. The summed E-state index contributed by atoms with van der Waals surface area (Å²) >= 11 is 0. The van der Waals surface area contributed by atoms with Gasteiger partial charge in [-0.1, -0.05) is 18.2 Å². The summed E-state index contributed by atoms with van der Waals surface area (Å²) in [5.41, 5.74) is 1.47. The number of aromatic nitrogens is 2. The Labute approximate surface area is 147 Å². The van der Waals surface area contributed by atoms with Gasteiger partial charge in [-0.2, -0.15) is 8.78 Å². The number of benzene rings is 1. The summed E-state index contributed by atoms with van der Waals surface area (Å²) in [7, 11) is 0. The van der Waals surface area contributed by atoms with Gasteiger partial charge in [-0.3, -0.25) is 9.69 Å². The zero-order valence-corrected chi connectivity index (χ0v) is 13.8. The molecule has 0 bridgehead atoms. The van der Waals surface area contributed by atoms with Crippen LogP contribution in [0.2, 0.25) is 0 Å². The molecule has 26 heavy (non-hydrogen) atoms. The number of nitrogens with zero attached hydrogens (tertiary/aromatic N) is 3. The normalized spacial score (nSPS) is 17.1. The van der Waals surface area contributed by atoms with Gasteiger partial charge in [0.2, 0.25) is 0 Å². The standard InChI is InChI=1S/C18H15F2N3O3/c1-11(24)13-5-4-6-14-16(13)26-18(19,20)17(25)23(14)10-12-9-22-8-3-2-7-15(22)21-12/h2-9,11,24H,10H2,1H3. The van der Waals surface area contributed by atoms with Crippen LogP contribution in [0.3, 0.4) is 0 Å². The van der Waals surface area contributed by atoms with Crippen molar-refractivity contribution in [3.8, 4) is 5.75 Å². The maximum Gasteiger partial charge on any atom is 0.483 e. The lowest BCUT2D eigenvalue weighted by atomic mass is 10.1. The van der Waals surface area contributed by atoms with Crippen molar-refractivity contribution in [2.45, 2.75) is 25.7 Å². The Kier molecular flexibility index (Phi) is 3.66. The Balaban J connectivity index is 1.80. The lowest BCUT2D eigenvalue weighted by Gasteiger charge is -2.34. The molecule has 1 atom stereocenters. The highest BCUT2D eigenvalue weighted by molar-refractivity contribution is 6.01. The lowest BCUT2D eigenvalue weighted by molar-refractivity contribution is -0.193. The van der Waals surface area contributed by atoms with Gasteiger partial charge in [0.25, 0.3) is 0 Å². The topological polar surface area (TPSA) is 67.1 Å². The summed E-state index contributed by atoms with van der Waals surface area (Å²) in [4.78, 5) is 17.6. The predicted molar refractivity (Wildman–Crippen MR) is 89.0 cm³/mol. The van der Waals surface area contributed by atoms with E-state index in [0.29, 0.717) is 11.3 Å². The van der Waals surface area contributed by atoms with Crippen molar-refractivity contribution >= 4 is 17.2 Å². The molecule has 134 valence electrons. The van der Waals surface area contributed by atoms with Crippen LogP contribution in [0.25, 0.3) is 5.65 Å². The van der Waals surface area contributed by atoms with E-state index in [2.05, 4.69) is 9.72 Å². The van der Waals surface area contributed by atoms with Gasteiger partial charge in [-0.15, -0.1) is 0 Å². The average molecular weight is 359 g/mol. The quantitative estimate of drug-likeness (QED) is 0.781. The van der Waals surface area contributed by atoms with Gasteiger partial charge in [0, 0.05) is 18.0 Å². The van der Waals surface area contributed by atoms with Gasteiger partial charge in [0.1, 0.15) is 5.65 Å². The van der Waals surface area contributed by atoms with Gasteiger partial charge >= 0.3 is 12.0 Å². The number of carbonyl (C=O) groups excluding carboxylic acids is 1. The summed E-state index contributed by atoms with van der Waals surface area (Å²) < 4.78 is 34.7. The Hall–Kier alpha value is -3.00. The Morgan fingerprint density at radius 3 is 2.81 bits per heavy atom. The van der Waals surface area contributed by atoms with Gasteiger partial charge in [0.15, 0.2) is 5.75 Å².